The summed E-state index contributed by atoms with van der Waals surface area (Å²) in [4.78, 5) is 18.8. The van der Waals surface area contributed by atoms with Crippen molar-refractivity contribution < 1.29 is 18.8 Å². The van der Waals surface area contributed by atoms with E-state index in [1.807, 2.05) is 44.2 Å². The molecule has 7 nitrogen and oxygen atoms in total. The summed E-state index contributed by atoms with van der Waals surface area (Å²) in [6.07, 6.45) is -0.646. The molecule has 170 valence electrons. The van der Waals surface area contributed by atoms with Crippen LogP contribution in [-0.4, -0.2) is 40.7 Å². The Morgan fingerprint density at radius 1 is 1.12 bits per heavy atom. The Morgan fingerprint density at radius 3 is 2.50 bits per heavy atom. The zero-order valence-electron chi connectivity index (χ0n) is 19.6. The number of hydrogen-bond donors (Lipinski definition) is 0. The molecule has 1 atom stereocenters. The third kappa shape index (κ3) is 5.66. The first-order chi connectivity index (χ1) is 15.3. The fraction of sp³-hybridized carbons (Fsp3) is 0.400. The Balaban J connectivity index is 1.64. The summed E-state index contributed by atoms with van der Waals surface area (Å²) in [6.45, 7) is 10.7. The van der Waals surface area contributed by atoms with Gasteiger partial charge in [-0.3, -0.25) is 4.79 Å². The Kier molecular flexibility index (Phi) is 7.51. The topological polar surface area (TPSA) is 77.7 Å². The molecule has 0 radical (unpaired) electrons. The van der Waals surface area contributed by atoms with Crippen LogP contribution in [0.15, 0.2) is 47.0 Å². The van der Waals surface area contributed by atoms with Crippen LogP contribution in [0.25, 0.3) is 11.4 Å². The molecule has 0 unspecified atom stereocenters. The summed E-state index contributed by atoms with van der Waals surface area (Å²) in [5.41, 5.74) is 2.98. The molecule has 1 heterocycles. The van der Waals surface area contributed by atoms with Crippen LogP contribution in [0, 0.1) is 6.92 Å². The quantitative estimate of drug-likeness (QED) is 0.469. The number of nitrogens with zero attached hydrogens (tertiary/aromatic N) is 3. The molecule has 0 aliphatic heterocycles. The molecule has 0 fully saturated rings. The van der Waals surface area contributed by atoms with Gasteiger partial charge in [-0.2, -0.15) is 4.98 Å². The first-order valence-corrected chi connectivity index (χ1v) is 10.9. The van der Waals surface area contributed by atoms with Gasteiger partial charge in [0.1, 0.15) is 11.5 Å². The van der Waals surface area contributed by atoms with Crippen molar-refractivity contribution in [3.05, 3.63) is 59.5 Å². The van der Waals surface area contributed by atoms with Crippen molar-refractivity contribution >= 4 is 5.91 Å². The van der Waals surface area contributed by atoms with Crippen molar-refractivity contribution in [2.24, 2.45) is 0 Å². The number of likely N-dealkylation sites (N-methyl/N-ethyl adjacent to an activating group) is 1. The lowest BCUT2D eigenvalue weighted by Crippen LogP contribution is -2.37. The highest BCUT2D eigenvalue weighted by molar-refractivity contribution is 5.80. The highest BCUT2D eigenvalue weighted by atomic mass is 16.5. The lowest BCUT2D eigenvalue weighted by Gasteiger charge is -2.23. The zero-order chi connectivity index (χ0) is 23.3. The second-order valence-corrected chi connectivity index (χ2v) is 8.12. The predicted molar refractivity (Wildman–Crippen MR) is 123 cm³/mol. The Labute approximate surface area is 189 Å². The van der Waals surface area contributed by atoms with Gasteiger partial charge in [-0.15, -0.1) is 0 Å². The zero-order valence-corrected chi connectivity index (χ0v) is 19.6. The Morgan fingerprint density at radius 2 is 1.84 bits per heavy atom. The van der Waals surface area contributed by atoms with Crippen LogP contribution < -0.4 is 9.47 Å². The van der Waals surface area contributed by atoms with Gasteiger partial charge in [-0.1, -0.05) is 31.1 Å². The van der Waals surface area contributed by atoms with Gasteiger partial charge in [0.2, 0.25) is 11.7 Å². The number of carbonyl (C=O) groups is 1. The van der Waals surface area contributed by atoms with E-state index in [0.717, 1.165) is 28.2 Å². The monoisotopic (exact) mass is 437 g/mol. The van der Waals surface area contributed by atoms with Crippen molar-refractivity contribution in [2.45, 2.75) is 53.2 Å². The average molecular weight is 438 g/mol. The number of carbonyl (C=O) groups excluding carboxylic acids is 1. The summed E-state index contributed by atoms with van der Waals surface area (Å²) in [5.74, 6) is 2.48. The van der Waals surface area contributed by atoms with E-state index in [1.165, 1.54) is 4.90 Å². The van der Waals surface area contributed by atoms with E-state index in [-0.39, 0.29) is 12.5 Å². The first kappa shape index (κ1) is 23.3. The van der Waals surface area contributed by atoms with Crippen LogP contribution in [0.5, 0.6) is 11.5 Å². The molecular weight excluding hydrogens is 406 g/mol. The fourth-order valence-electron chi connectivity index (χ4n) is 3.36. The van der Waals surface area contributed by atoms with E-state index in [0.29, 0.717) is 24.2 Å². The molecule has 0 bridgehead atoms. The number of aryl methyl sites for hydroxylation is 1. The van der Waals surface area contributed by atoms with Gasteiger partial charge in [0.25, 0.3) is 5.91 Å². The fourth-order valence-corrected chi connectivity index (χ4v) is 3.36. The molecule has 0 aliphatic carbocycles. The highest BCUT2D eigenvalue weighted by Gasteiger charge is 2.23. The molecule has 0 spiro atoms. The lowest BCUT2D eigenvalue weighted by molar-refractivity contribution is -0.137. The number of rotatable bonds is 9. The van der Waals surface area contributed by atoms with E-state index in [1.54, 1.807) is 14.0 Å². The van der Waals surface area contributed by atoms with E-state index in [4.69, 9.17) is 14.0 Å². The van der Waals surface area contributed by atoms with Crippen molar-refractivity contribution in [1.29, 1.82) is 0 Å². The normalized spacial score (nSPS) is 12.0. The van der Waals surface area contributed by atoms with Gasteiger partial charge < -0.3 is 18.9 Å². The third-order valence-electron chi connectivity index (χ3n) is 5.08. The maximum atomic E-state index is 12.9. The SMILES string of the molecule is CCOc1ccc(-c2noc(CN(C)C(=O)[C@@H](C)Oc3cc(C)ccc3C(C)C)n2)cc1. The molecule has 0 N–H and O–H groups in total. The van der Waals surface area contributed by atoms with Crippen LogP contribution in [0.2, 0.25) is 0 Å². The average Bonchev–Trinajstić information content (AvgIpc) is 3.22. The maximum absolute atomic E-state index is 12.9. The first-order valence-electron chi connectivity index (χ1n) is 10.9. The molecular formula is C25H31N3O4. The second kappa shape index (κ2) is 10.3. The van der Waals surface area contributed by atoms with E-state index >= 15 is 0 Å². The van der Waals surface area contributed by atoms with Gasteiger partial charge in [-0.25, -0.2) is 0 Å². The second-order valence-electron chi connectivity index (χ2n) is 8.12. The summed E-state index contributed by atoms with van der Waals surface area (Å²) >= 11 is 0. The Bertz CT molecular complexity index is 1040. The molecule has 0 saturated carbocycles. The number of ether oxygens (including phenoxy) is 2. The van der Waals surface area contributed by atoms with Crippen molar-refractivity contribution in [3.63, 3.8) is 0 Å². The predicted octanol–water partition coefficient (Wildman–Crippen LogP) is 4.99. The van der Waals surface area contributed by atoms with E-state index < -0.39 is 6.10 Å². The number of aromatic nitrogens is 2. The minimum absolute atomic E-state index is 0.165. The maximum Gasteiger partial charge on any atom is 0.263 e. The number of hydrogen-bond acceptors (Lipinski definition) is 6. The van der Waals surface area contributed by atoms with Gasteiger partial charge in [-0.05, 0) is 68.1 Å². The standard InChI is InChI=1S/C25H31N3O4/c1-7-30-20-11-9-19(10-12-20)24-26-23(32-27-24)15-28(6)25(29)18(5)31-22-14-17(4)8-13-21(22)16(2)3/h8-14,16,18H,7,15H2,1-6H3/t18-/m1/s1. The summed E-state index contributed by atoms with van der Waals surface area (Å²) in [6, 6.07) is 13.5. The molecule has 7 heteroatoms. The molecule has 3 rings (SSSR count). The minimum Gasteiger partial charge on any atom is -0.494 e. The van der Waals surface area contributed by atoms with Crippen molar-refractivity contribution in [3.8, 4) is 22.9 Å². The lowest BCUT2D eigenvalue weighted by atomic mass is 10.0. The number of amides is 1. The molecule has 3 aromatic rings. The Hall–Kier alpha value is -3.35. The molecule has 2 aromatic carbocycles. The molecule has 0 saturated heterocycles. The largest absolute Gasteiger partial charge is 0.494 e. The van der Waals surface area contributed by atoms with Crippen molar-refractivity contribution in [2.75, 3.05) is 13.7 Å². The molecule has 1 amide bonds. The highest BCUT2D eigenvalue weighted by Crippen LogP contribution is 2.28. The van der Waals surface area contributed by atoms with E-state index in [2.05, 4.69) is 36.1 Å². The minimum atomic E-state index is -0.646. The smallest absolute Gasteiger partial charge is 0.263 e. The summed E-state index contributed by atoms with van der Waals surface area (Å²) in [7, 11) is 1.70. The van der Waals surface area contributed by atoms with Gasteiger partial charge in [0.15, 0.2) is 6.10 Å². The summed E-state index contributed by atoms with van der Waals surface area (Å²) in [5, 5.41) is 4.03. The third-order valence-corrected chi connectivity index (χ3v) is 5.08. The van der Waals surface area contributed by atoms with Gasteiger partial charge in [0.05, 0.1) is 13.2 Å². The van der Waals surface area contributed by atoms with Crippen LogP contribution in [0.3, 0.4) is 0 Å². The van der Waals surface area contributed by atoms with E-state index in [9.17, 15) is 4.79 Å². The molecule has 32 heavy (non-hydrogen) atoms. The van der Waals surface area contributed by atoms with Crippen LogP contribution in [-0.2, 0) is 11.3 Å². The van der Waals surface area contributed by atoms with Crippen LogP contribution in [0.1, 0.15) is 50.6 Å². The van der Waals surface area contributed by atoms with Gasteiger partial charge in [0, 0.05) is 12.6 Å². The molecule has 0 aliphatic rings. The van der Waals surface area contributed by atoms with Crippen molar-refractivity contribution in [1.82, 2.24) is 15.0 Å². The van der Waals surface area contributed by atoms with Crippen LogP contribution in [0.4, 0.5) is 0 Å². The van der Waals surface area contributed by atoms with Crippen LogP contribution >= 0.6 is 0 Å². The molecule has 1 aromatic heterocycles. The van der Waals surface area contributed by atoms with Gasteiger partial charge >= 0.3 is 0 Å². The summed E-state index contributed by atoms with van der Waals surface area (Å²) < 4.78 is 16.9. The number of benzene rings is 2.